The van der Waals surface area contributed by atoms with Crippen LogP contribution in [0, 0.1) is 17.7 Å². The van der Waals surface area contributed by atoms with Crippen molar-refractivity contribution >= 4 is 29.5 Å². The van der Waals surface area contributed by atoms with Crippen molar-refractivity contribution in [3.63, 3.8) is 0 Å². The van der Waals surface area contributed by atoms with Crippen LogP contribution in [0.3, 0.4) is 0 Å². The molecule has 2 aliphatic heterocycles. The number of benzene rings is 2. The zero-order chi connectivity index (χ0) is 28.9. The summed E-state index contributed by atoms with van der Waals surface area (Å²) in [7, 11) is 0. The second-order valence-electron chi connectivity index (χ2n) is 9.98. The van der Waals surface area contributed by atoms with Gasteiger partial charge in [0.15, 0.2) is 0 Å². The number of amides is 2. The van der Waals surface area contributed by atoms with Gasteiger partial charge in [0, 0.05) is 29.1 Å². The average molecular weight is 584 g/mol. The van der Waals surface area contributed by atoms with Crippen LogP contribution in [0.5, 0.6) is 11.5 Å². The largest absolute Gasteiger partial charge is 0.491 e. The minimum atomic E-state index is -0.931. The summed E-state index contributed by atoms with van der Waals surface area (Å²) in [5, 5.41) is 13.3. The van der Waals surface area contributed by atoms with Gasteiger partial charge in [-0.1, -0.05) is 35.9 Å². The van der Waals surface area contributed by atoms with Gasteiger partial charge in [-0.25, -0.2) is 14.0 Å². The van der Waals surface area contributed by atoms with Gasteiger partial charge in [-0.15, -0.1) is 0 Å². The van der Waals surface area contributed by atoms with Gasteiger partial charge in [0.25, 0.3) is 0 Å². The van der Waals surface area contributed by atoms with Gasteiger partial charge in [0.05, 0.1) is 25.2 Å². The van der Waals surface area contributed by atoms with Crippen LogP contribution in [-0.4, -0.2) is 66.4 Å². The maximum absolute atomic E-state index is 13.4. The minimum absolute atomic E-state index is 0.0133. The molecule has 5 rings (SSSR count). The summed E-state index contributed by atoms with van der Waals surface area (Å²) in [6.45, 7) is 2.32. The van der Waals surface area contributed by atoms with E-state index >= 15 is 0 Å². The Morgan fingerprint density at radius 1 is 1.17 bits per heavy atom. The van der Waals surface area contributed by atoms with Gasteiger partial charge in [-0.05, 0) is 61.4 Å². The van der Waals surface area contributed by atoms with E-state index in [1.807, 2.05) is 30.4 Å². The predicted molar refractivity (Wildman–Crippen MR) is 151 cm³/mol. The van der Waals surface area contributed by atoms with Crippen molar-refractivity contribution in [2.24, 2.45) is 16.8 Å². The molecule has 3 aliphatic rings. The smallest absolute Gasteiger partial charge is 0.416 e. The number of alkyl carbamates (subject to hydrolysis) is 1. The molecular formula is C30H31ClFN3O6. The molecule has 2 aromatic rings. The van der Waals surface area contributed by atoms with Crippen LogP contribution >= 0.6 is 11.6 Å². The predicted octanol–water partition coefficient (Wildman–Crippen LogP) is 5.01. The van der Waals surface area contributed by atoms with Crippen molar-refractivity contribution in [3.8, 4) is 11.5 Å². The number of halogens is 2. The van der Waals surface area contributed by atoms with E-state index in [1.54, 1.807) is 24.0 Å². The van der Waals surface area contributed by atoms with Crippen LogP contribution < -0.4 is 14.8 Å². The molecule has 41 heavy (non-hydrogen) atoms. The number of hydrogen-bond donors (Lipinski definition) is 2. The third kappa shape index (κ3) is 6.71. The summed E-state index contributed by atoms with van der Waals surface area (Å²) < 4.78 is 29.5. The van der Waals surface area contributed by atoms with E-state index in [0.29, 0.717) is 23.7 Å². The number of piperidine rings is 1. The number of rotatable bonds is 8. The van der Waals surface area contributed by atoms with Crippen LogP contribution in [0.25, 0.3) is 0 Å². The SMILES string of the molecule is CCOC(=O)NCC(O)COc1ccc(C2C3=NC4C=CC(Cl)=CC4C3CCN2C(=O)Oc2ccc(F)cc2)cc1. The van der Waals surface area contributed by atoms with Crippen LogP contribution in [-0.2, 0) is 4.74 Å². The number of nitrogens with zero attached hydrogens (tertiary/aromatic N) is 2. The second-order valence-corrected chi connectivity index (χ2v) is 10.4. The van der Waals surface area contributed by atoms with Gasteiger partial charge >= 0.3 is 12.2 Å². The molecule has 2 heterocycles. The molecule has 11 heteroatoms. The molecule has 0 saturated carbocycles. The first-order chi connectivity index (χ1) is 19.8. The number of fused-ring (bicyclic) bond motifs is 3. The number of nitrogens with one attached hydrogen (secondary N) is 1. The summed E-state index contributed by atoms with van der Waals surface area (Å²) in [4.78, 5) is 31.5. The molecule has 2 aromatic carbocycles. The lowest BCUT2D eigenvalue weighted by Gasteiger charge is -2.39. The number of carbonyl (C=O) groups is 2. The standard InChI is InChI=1S/C30H31ClFN3O6/c1-2-39-29(37)33-16-21(36)17-40-22-8-3-18(4-9-22)28-27-24(25-15-19(31)5-12-26(25)34-27)13-14-35(28)30(38)41-23-10-6-20(32)7-11-23/h3-12,15,21,24-26,28,36H,2,13-14,16-17H2,1H3,(H,33,37). The highest BCUT2D eigenvalue weighted by atomic mass is 35.5. The van der Waals surface area contributed by atoms with Crippen molar-refractivity contribution in [1.29, 1.82) is 0 Å². The number of carbonyl (C=O) groups excluding carboxylic acids is 2. The fourth-order valence-electron chi connectivity index (χ4n) is 5.38. The number of allylic oxidation sites excluding steroid dienone is 2. The molecule has 0 spiro atoms. The molecule has 216 valence electrons. The molecule has 5 atom stereocenters. The molecule has 1 fully saturated rings. The third-order valence-electron chi connectivity index (χ3n) is 7.26. The molecule has 5 unspecified atom stereocenters. The lowest BCUT2D eigenvalue weighted by atomic mass is 9.77. The highest BCUT2D eigenvalue weighted by molar-refractivity contribution is 6.31. The second kappa shape index (κ2) is 12.7. The van der Waals surface area contributed by atoms with Crippen LogP contribution in [0.2, 0.25) is 0 Å². The van der Waals surface area contributed by atoms with E-state index in [9.17, 15) is 19.1 Å². The van der Waals surface area contributed by atoms with Crippen molar-refractivity contribution < 1.29 is 33.3 Å². The summed E-state index contributed by atoms with van der Waals surface area (Å²) in [5.41, 5.74) is 1.70. The van der Waals surface area contributed by atoms with Crippen molar-refractivity contribution in [2.75, 3.05) is 26.3 Å². The van der Waals surface area contributed by atoms with E-state index in [1.165, 1.54) is 24.3 Å². The van der Waals surface area contributed by atoms with Crippen LogP contribution in [0.15, 0.2) is 76.8 Å². The first-order valence-electron chi connectivity index (χ1n) is 13.5. The molecule has 0 bridgehead atoms. The first-order valence-corrected chi connectivity index (χ1v) is 13.9. The molecule has 1 saturated heterocycles. The third-order valence-corrected chi connectivity index (χ3v) is 7.52. The summed E-state index contributed by atoms with van der Waals surface area (Å²) in [6, 6.07) is 12.0. The number of aliphatic hydroxyl groups is 1. The van der Waals surface area contributed by atoms with Gasteiger partial charge in [-0.2, -0.15) is 0 Å². The van der Waals surface area contributed by atoms with Crippen molar-refractivity contribution in [3.05, 3.63) is 83.2 Å². The maximum atomic E-state index is 13.4. The normalized spacial score (nSPS) is 23.5. The Kier molecular flexibility index (Phi) is 8.90. The molecule has 9 nitrogen and oxygen atoms in total. The van der Waals surface area contributed by atoms with Gasteiger partial charge in [0.2, 0.25) is 0 Å². The lowest BCUT2D eigenvalue weighted by Crippen LogP contribution is -2.48. The van der Waals surface area contributed by atoms with E-state index in [-0.39, 0.29) is 43.4 Å². The zero-order valence-corrected chi connectivity index (χ0v) is 23.2. The number of likely N-dealkylation sites (tertiary alicyclic amines) is 1. The van der Waals surface area contributed by atoms with Gasteiger partial charge < -0.3 is 24.6 Å². The zero-order valence-electron chi connectivity index (χ0n) is 22.4. The van der Waals surface area contributed by atoms with Crippen molar-refractivity contribution in [1.82, 2.24) is 10.2 Å². The maximum Gasteiger partial charge on any atom is 0.416 e. The Hall–Kier alpha value is -3.89. The molecule has 0 aromatic heterocycles. The molecule has 1 aliphatic carbocycles. The molecule has 2 N–H and O–H groups in total. The first kappa shape index (κ1) is 28.6. The lowest BCUT2D eigenvalue weighted by molar-refractivity contribution is 0.0991. The minimum Gasteiger partial charge on any atom is -0.491 e. The topological polar surface area (TPSA) is 110 Å². The van der Waals surface area contributed by atoms with E-state index in [4.69, 9.17) is 30.8 Å². The summed E-state index contributed by atoms with van der Waals surface area (Å²) in [5.74, 6) is 0.563. The highest BCUT2D eigenvalue weighted by Gasteiger charge is 2.47. The van der Waals surface area contributed by atoms with E-state index in [2.05, 4.69) is 5.32 Å². The average Bonchev–Trinajstić information content (AvgIpc) is 3.34. The highest BCUT2D eigenvalue weighted by Crippen LogP contribution is 2.45. The Bertz CT molecular complexity index is 1350. The number of aliphatic hydroxyl groups excluding tert-OH is 1. The van der Waals surface area contributed by atoms with Gasteiger partial charge in [0.1, 0.15) is 30.0 Å². The quantitative estimate of drug-likeness (QED) is 0.452. The summed E-state index contributed by atoms with van der Waals surface area (Å²) in [6.07, 6.45) is 4.49. The fourth-order valence-corrected chi connectivity index (χ4v) is 5.59. The van der Waals surface area contributed by atoms with Crippen LogP contribution in [0.1, 0.15) is 24.9 Å². The Morgan fingerprint density at radius 2 is 1.90 bits per heavy atom. The number of ether oxygens (including phenoxy) is 3. The Labute approximate surface area is 242 Å². The van der Waals surface area contributed by atoms with Crippen LogP contribution in [0.4, 0.5) is 14.0 Å². The fraction of sp³-hybridized carbons (Fsp3) is 0.367. The Balaban J connectivity index is 1.33. The monoisotopic (exact) mass is 583 g/mol. The number of hydrogen-bond acceptors (Lipinski definition) is 7. The molecular weight excluding hydrogens is 553 g/mol. The van der Waals surface area contributed by atoms with Crippen molar-refractivity contribution in [2.45, 2.75) is 31.5 Å². The summed E-state index contributed by atoms with van der Waals surface area (Å²) >= 11 is 6.32. The van der Waals surface area contributed by atoms with Gasteiger partial charge in [-0.3, -0.25) is 9.89 Å². The molecule has 2 amide bonds. The number of aliphatic imine (C=N–C) groups is 1. The Morgan fingerprint density at radius 3 is 2.63 bits per heavy atom. The molecule has 0 radical (unpaired) electrons. The van der Waals surface area contributed by atoms with E-state index in [0.717, 1.165) is 11.3 Å². The van der Waals surface area contributed by atoms with E-state index < -0.39 is 30.1 Å².